The molecule has 0 saturated heterocycles. The van der Waals surface area contributed by atoms with Gasteiger partial charge in [0.05, 0.1) is 17.1 Å². The molecule has 0 radical (unpaired) electrons. The highest BCUT2D eigenvalue weighted by Crippen LogP contribution is 2.26. The van der Waals surface area contributed by atoms with Crippen molar-refractivity contribution in [1.29, 1.82) is 0 Å². The summed E-state index contributed by atoms with van der Waals surface area (Å²) in [4.78, 5) is 25.0. The Balaban J connectivity index is 2.97. The molecule has 6 heteroatoms. The minimum absolute atomic E-state index is 0.0225. The lowest BCUT2D eigenvalue weighted by atomic mass is 10.2. The summed E-state index contributed by atoms with van der Waals surface area (Å²) in [5.74, 6) is -0.469. The summed E-state index contributed by atoms with van der Waals surface area (Å²) < 4.78 is 0.658. The predicted molar refractivity (Wildman–Crippen MR) is 74.8 cm³/mol. The molecule has 0 unspecified atom stereocenters. The maximum absolute atomic E-state index is 12.2. The zero-order chi connectivity index (χ0) is 13.7. The van der Waals surface area contributed by atoms with Crippen LogP contribution in [0.1, 0.15) is 17.3 Å². The molecule has 1 aromatic carbocycles. The molecule has 1 rings (SSSR count). The first-order valence-corrected chi connectivity index (χ1v) is 6.62. The van der Waals surface area contributed by atoms with Gasteiger partial charge in [-0.05, 0) is 35.0 Å². The van der Waals surface area contributed by atoms with Gasteiger partial charge in [0.1, 0.15) is 0 Å². The van der Waals surface area contributed by atoms with E-state index in [1.807, 2.05) is 6.92 Å². The number of rotatable bonds is 4. The van der Waals surface area contributed by atoms with Gasteiger partial charge in [0, 0.05) is 18.1 Å². The van der Waals surface area contributed by atoms with Crippen LogP contribution in [0.5, 0.6) is 0 Å². The third-order valence-corrected chi connectivity index (χ3v) is 3.76. The van der Waals surface area contributed by atoms with Gasteiger partial charge in [-0.3, -0.25) is 9.59 Å². The van der Waals surface area contributed by atoms with Crippen LogP contribution in [0.3, 0.4) is 0 Å². The molecule has 0 bridgehead atoms. The van der Waals surface area contributed by atoms with Crippen molar-refractivity contribution in [1.82, 2.24) is 10.2 Å². The van der Waals surface area contributed by atoms with Crippen molar-refractivity contribution in [2.24, 2.45) is 0 Å². The van der Waals surface area contributed by atoms with Crippen LogP contribution in [0.25, 0.3) is 0 Å². The van der Waals surface area contributed by atoms with Crippen LogP contribution in [-0.4, -0.2) is 36.9 Å². The fourth-order valence-corrected chi connectivity index (χ4v) is 1.99. The number of benzene rings is 1. The number of amides is 2. The van der Waals surface area contributed by atoms with E-state index in [0.717, 1.165) is 0 Å². The van der Waals surface area contributed by atoms with E-state index in [0.29, 0.717) is 21.6 Å². The maximum Gasteiger partial charge on any atom is 0.255 e. The highest BCUT2D eigenvalue weighted by Gasteiger charge is 2.19. The van der Waals surface area contributed by atoms with Crippen molar-refractivity contribution >= 4 is 39.3 Å². The average Bonchev–Trinajstić information content (AvgIpc) is 2.38. The number of nitrogens with zero attached hydrogens (tertiary/aromatic N) is 1. The Bertz CT molecular complexity index is 465. The van der Waals surface area contributed by atoms with Gasteiger partial charge in [0.15, 0.2) is 0 Å². The number of carbonyl (C=O) groups excluding carboxylic acids is 2. The van der Waals surface area contributed by atoms with E-state index in [-0.39, 0.29) is 18.4 Å². The SMILES string of the molecule is CCN(CC(=O)NC)C(=O)c1cccc(Br)c1Cl. The van der Waals surface area contributed by atoms with E-state index in [2.05, 4.69) is 21.2 Å². The topological polar surface area (TPSA) is 49.4 Å². The van der Waals surface area contributed by atoms with Crippen LogP contribution >= 0.6 is 27.5 Å². The maximum atomic E-state index is 12.2. The Morgan fingerprint density at radius 1 is 1.44 bits per heavy atom. The number of carbonyl (C=O) groups is 2. The first-order chi connectivity index (χ1) is 8.51. The van der Waals surface area contributed by atoms with E-state index in [4.69, 9.17) is 11.6 Å². The minimum atomic E-state index is -0.257. The molecule has 0 saturated carbocycles. The van der Waals surface area contributed by atoms with E-state index in [1.54, 1.807) is 18.2 Å². The summed E-state index contributed by atoms with van der Waals surface area (Å²) in [5, 5.41) is 2.85. The summed E-state index contributed by atoms with van der Waals surface area (Å²) in [6, 6.07) is 5.13. The van der Waals surface area contributed by atoms with Crippen molar-refractivity contribution in [3.8, 4) is 0 Å². The van der Waals surface area contributed by atoms with Gasteiger partial charge in [0.25, 0.3) is 5.91 Å². The zero-order valence-corrected chi connectivity index (χ0v) is 12.5. The second kappa shape index (κ2) is 6.75. The van der Waals surface area contributed by atoms with Crippen molar-refractivity contribution < 1.29 is 9.59 Å². The fourth-order valence-electron chi connectivity index (χ4n) is 1.42. The Hall–Kier alpha value is -1.07. The van der Waals surface area contributed by atoms with Crippen LogP contribution in [0, 0.1) is 0 Å². The third-order valence-electron chi connectivity index (χ3n) is 2.46. The molecule has 0 aliphatic rings. The highest BCUT2D eigenvalue weighted by atomic mass is 79.9. The molecular weight excluding hydrogens is 320 g/mol. The van der Waals surface area contributed by atoms with Crippen molar-refractivity contribution in [3.05, 3.63) is 33.3 Å². The second-order valence-electron chi connectivity index (χ2n) is 3.59. The minimum Gasteiger partial charge on any atom is -0.358 e. The zero-order valence-electron chi connectivity index (χ0n) is 10.2. The lowest BCUT2D eigenvalue weighted by Crippen LogP contribution is -2.39. The molecule has 0 heterocycles. The lowest BCUT2D eigenvalue weighted by molar-refractivity contribution is -0.121. The predicted octanol–water partition coefficient (Wildman–Crippen LogP) is 2.31. The molecule has 0 aromatic heterocycles. The van der Waals surface area contributed by atoms with Gasteiger partial charge >= 0.3 is 0 Å². The second-order valence-corrected chi connectivity index (χ2v) is 4.83. The number of halogens is 2. The molecule has 0 fully saturated rings. The highest BCUT2D eigenvalue weighted by molar-refractivity contribution is 9.10. The van der Waals surface area contributed by atoms with Crippen LogP contribution in [0.2, 0.25) is 5.02 Å². The monoisotopic (exact) mass is 332 g/mol. The van der Waals surface area contributed by atoms with Crippen LogP contribution in [0.4, 0.5) is 0 Å². The molecule has 0 aliphatic heterocycles. The van der Waals surface area contributed by atoms with Crippen molar-refractivity contribution in [2.75, 3.05) is 20.1 Å². The van der Waals surface area contributed by atoms with Gasteiger partial charge in [-0.2, -0.15) is 0 Å². The fraction of sp³-hybridized carbons (Fsp3) is 0.333. The van der Waals surface area contributed by atoms with E-state index in [9.17, 15) is 9.59 Å². The van der Waals surface area contributed by atoms with Crippen LogP contribution < -0.4 is 5.32 Å². The first-order valence-electron chi connectivity index (χ1n) is 5.45. The molecule has 98 valence electrons. The Morgan fingerprint density at radius 3 is 2.67 bits per heavy atom. The van der Waals surface area contributed by atoms with E-state index >= 15 is 0 Å². The number of hydrogen-bond acceptors (Lipinski definition) is 2. The quantitative estimate of drug-likeness (QED) is 0.919. The summed E-state index contributed by atoms with van der Waals surface area (Å²) in [5.41, 5.74) is 0.386. The molecule has 18 heavy (non-hydrogen) atoms. The summed E-state index contributed by atoms with van der Waals surface area (Å²) in [6.07, 6.45) is 0. The van der Waals surface area contributed by atoms with E-state index < -0.39 is 0 Å². The standard InChI is InChI=1S/C12H14BrClN2O2/c1-3-16(7-10(17)15-2)12(18)8-5-4-6-9(13)11(8)14/h4-6H,3,7H2,1-2H3,(H,15,17). The molecule has 0 spiro atoms. The lowest BCUT2D eigenvalue weighted by Gasteiger charge is -2.20. The van der Waals surface area contributed by atoms with Gasteiger partial charge in [-0.15, -0.1) is 0 Å². The first kappa shape index (κ1) is 15.0. The van der Waals surface area contributed by atoms with Gasteiger partial charge in [-0.25, -0.2) is 0 Å². The Kier molecular flexibility index (Phi) is 5.62. The van der Waals surface area contributed by atoms with Crippen molar-refractivity contribution in [3.63, 3.8) is 0 Å². The molecule has 1 N–H and O–H groups in total. The smallest absolute Gasteiger partial charge is 0.255 e. The molecule has 2 amide bonds. The molecule has 1 aromatic rings. The van der Waals surface area contributed by atoms with Crippen LogP contribution in [-0.2, 0) is 4.79 Å². The van der Waals surface area contributed by atoms with Crippen LogP contribution in [0.15, 0.2) is 22.7 Å². The largest absolute Gasteiger partial charge is 0.358 e. The van der Waals surface area contributed by atoms with Gasteiger partial charge in [-0.1, -0.05) is 17.7 Å². The number of nitrogens with one attached hydrogen (secondary N) is 1. The molecule has 0 atom stereocenters. The number of likely N-dealkylation sites (N-methyl/N-ethyl adjacent to an activating group) is 2. The third kappa shape index (κ3) is 3.46. The molecule has 4 nitrogen and oxygen atoms in total. The van der Waals surface area contributed by atoms with Crippen molar-refractivity contribution in [2.45, 2.75) is 6.92 Å². The molecular formula is C12H14BrClN2O2. The van der Waals surface area contributed by atoms with Gasteiger partial charge < -0.3 is 10.2 Å². The van der Waals surface area contributed by atoms with Gasteiger partial charge in [0.2, 0.25) is 5.91 Å². The van der Waals surface area contributed by atoms with E-state index in [1.165, 1.54) is 11.9 Å². The normalized spacial score (nSPS) is 10.0. The summed E-state index contributed by atoms with van der Waals surface area (Å²) in [7, 11) is 1.53. The Morgan fingerprint density at radius 2 is 2.11 bits per heavy atom. The summed E-state index contributed by atoms with van der Waals surface area (Å²) >= 11 is 9.33. The number of hydrogen-bond donors (Lipinski definition) is 1. The average molecular weight is 334 g/mol. The Labute approximate surface area is 119 Å². The molecule has 0 aliphatic carbocycles. The summed E-state index contributed by atoms with van der Waals surface area (Å²) in [6.45, 7) is 2.27.